The topological polar surface area (TPSA) is 24.5 Å². The molecule has 3 nitrogen and oxygen atoms in total. The fraction of sp³-hybridized carbons (Fsp3) is 1.00. The fourth-order valence-electron chi connectivity index (χ4n) is 4.21. The van der Waals surface area contributed by atoms with Crippen LogP contribution in [0, 0.1) is 11.8 Å². The van der Waals surface area contributed by atoms with Crippen molar-refractivity contribution >= 4 is 0 Å². The summed E-state index contributed by atoms with van der Waals surface area (Å²) in [5.41, 5.74) is 0. The van der Waals surface area contributed by atoms with Crippen LogP contribution in [-0.4, -0.2) is 48.8 Å². The third-order valence-corrected chi connectivity index (χ3v) is 4.93. The molecule has 0 radical (unpaired) electrons. The minimum absolute atomic E-state index is 0.380. The van der Waals surface area contributed by atoms with Gasteiger partial charge in [0.2, 0.25) is 0 Å². The number of hydrogen-bond donors (Lipinski definition) is 1. The Morgan fingerprint density at radius 3 is 2.58 bits per heavy atom. The first-order valence-corrected chi connectivity index (χ1v) is 8.13. The molecular weight excluding hydrogens is 236 g/mol. The highest BCUT2D eigenvalue weighted by Gasteiger charge is 2.40. The lowest BCUT2D eigenvalue weighted by molar-refractivity contribution is -0.0885. The van der Waals surface area contributed by atoms with Crippen molar-refractivity contribution in [3.8, 4) is 0 Å². The van der Waals surface area contributed by atoms with Crippen LogP contribution in [0.4, 0.5) is 0 Å². The lowest BCUT2D eigenvalue weighted by Crippen LogP contribution is -2.62. The summed E-state index contributed by atoms with van der Waals surface area (Å²) in [6.45, 7) is 14.7. The van der Waals surface area contributed by atoms with Crippen LogP contribution >= 0.6 is 0 Å². The zero-order chi connectivity index (χ0) is 14.0. The van der Waals surface area contributed by atoms with Crippen LogP contribution < -0.4 is 5.32 Å². The van der Waals surface area contributed by atoms with Crippen LogP contribution in [0.5, 0.6) is 0 Å². The number of rotatable bonds is 3. The highest BCUT2D eigenvalue weighted by molar-refractivity contribution is 4.96. The average molecular weight is 268 g/mol. The number of ether oxygens (including phenoxy) is 1. The Balaban J connectivity index is 2.12. The van der Waals surface area contributed by atoms with Crippen molar-refractivity contribution in [1.29, 1.82) is 0 Å². The van der Waals surface area contributed by atoms with Crippen LogP contribution in [0.1, 0.15) is 47.5 Å². The molecule has 0 aromatic heterocycles. The minimum atomic E-state index is 0.380. The van der Waals surface area contributed by atoms with Gasteiger partial charge in [0, 0.05) is 24.7 Å². The minimum Gasteiger partial charge on any atom is -0.376 e. The lowest BCUT2D eigenvalue weighted by atomic mass is 9.75. The number of nitrogens with one attached hydrogen (secondary N) is 1. The molecule has 0 spiro atoms. The molecule has 0 bridgehead atoms. The van der Waals surface area contributed by atoms with E-state index in [1.165, 1.54) is 12.8 Å². The second-order valence-corrected chi connectivity index (χ2v) is 6.90. The number of likely N-dealkylation sites (N-methyl/N-ethyl adjacent to an activating group) is 1. The predicted octanol–water partition coefficient (Wildman–Crippen LogP) is 2.51. The highest BCUT2D eigenvalue weighted by Crippen LogP contribution is 2.34. The molecule has 6 unspecified atom stereocenters. The van der Waals surface area contributed by atoms with Crippen LogP contribution in [-0.2, 0) is 4.74 Å². The normalized spacial score (nSPS) is 45.3. The van der Waals surface area contributed by atoms with Gasteiger partial charge in [-0.2, -0.15) is 0 Å². The Morgan fingerprint density at radius 1 is 1.16 bits per heavy atom. The Kier molecular flexibility index (Phi) is 5.27. The van der Waals surface area contributed by atoms with Crippen molar-refractivity contribution in [2.75, 3.05) is 19.7 Å². The summed E-state index contributed by atoms with van der Waals surface area (Å²) in [4.78, 5) is 2.72. The van der Waals surface area contributed by atoms with Crippen LogP contribution in [0.15, 0.2) is 0 Å². The third-order valence-electron chi connectivity index (χ3n) is 4.93. The molecule has 1 N–H and O–H groups in total. The Hall–Kier alpha value is -0.120. The molecule has 19 heavy (non-hydrogen) atoms. The van der Waals surface area contributed by atoms with Gasteiger partial charge in [-0.25, -0.2) is 0 Å². The predicted molar refractivity (Wildman–Crippen MR) is 80.4 cm³/mol. The smallest absolute Gasteiger partial charge is 0.0674 e. The summed E-state index contributed by atoms with van der Waals surface area (Å²) >= 11 is 0. The number of hydrogen-bond acceptors (Lipinski definition) is 3. The van der Waals surface area contributed by atoms with E-state index in [4.69, 9.17) is 4.74 Å². The molecule has 112 valence electrons. The Morgan fingerprint density at radius 2 is 1.89 bits per heavy atom. The van der Waals surface area contributed by atoms with Crippen molar-refractivity contribution in [3.05, 3.63) is 0 Å². The highest BCUT2D eigenvalue weighted by atomic mass is 16.5. The first-order valence-electron chi connectivity index (χ1n) is 8.13. The lowest BCUT2D eigenvalue weighted by Gasteiger charge is -2.50. The summed E-state index contributed by atoms with van der Waals surface area (Å²) in [7, 11) is 0. The van der Waals surface area contributed by atoms with Gasteiger partial charge in [0.05, 0.1) is 12.7 Å². The molecule has 6 atom stereocenters. The molecule has 0 aromatic carbocycles. The Labute approximate surface area is 119 Å². The Bertz CT molecular complexity index is 284. The fourth-order valence-corrected chi connectivity index (χ4v) is 4.21. The number of morpholine rings is 1. The van der Waals surface area contributed by atoms with Gasteiger partial charge in [0.15, 0.2) is 0 Å². The first-order chi connectivity index (χ1) is 9.02. The van der Waals surface area contributed by atoms with Crippen molar-refractivity contribution in [1.82, 2.24) is 10.2 Å². The molecule has 2 aliphatic rings. The molecular formula is C16H32N2O. The van der Waals surface area contributed by atoms with E-state index < -0.39 is 0 Å². The first kappa shape index (κ1) is 15.3. The van der Waals surface area contributed by atoms with E-state index >= 15 is 0 Å². The molecule has 1 heterocycles. The summed E-state index contributed by atoms with van der Waals surface area (Å²) in [5, 5.41) is 3.75. The van der Waals surface area contributed by atoms with E-state index in [1.54, 1.807) is 0 Å². The molecule has 3 heteroatoms. The van der Waals surface area contributed by atoms with Gasteiger partial charge in [-0.3, -0.25) is 4.90 Å². The van der Waals surface area contributed by atoms with E-state index in [0.717, 1.165) is 31.5 Å². The van der Waals surface area contributed by atoms with Gasteiger partial charge in [-0.15, -0.1) is 0 Å². The maximum absolute atomic E-state index is 5.80. The second-order valence-electron chi connectivity index (χ2n) is 6.90. The monoisotopic (exact) mass is 268 g/mol. The van der Waals surface area contributed by atoms with Crippen LogP contribution in [0.3, 0.4) is 0 Å². The molecule has 2 fully saturated rings. The summed E-state index contributed by atoms with van der Waals surface area (Å²) < 4.78 is 5.80. The van der Waals surface area contributed by atoms with Crippen LogP contribution in [0.2, 0.25) is 0 Å². The number of nitrogens with zero attached hydrogens (tertiary/aromatic N) is 1. The maximum Gasteiger partial charge on any atom is 0.0674 e. The van der Waals surface area contributed by atoms with Gasteiger partial charge in [-0.05, 0) is 45.1 Å². The summed E-state index contributed by atoms with van der Waals surface area (Å²) in [6, 6.07) is 1.88. The van der Waals surface area contributed by atoms with E-state index in [2.05, 4.69) is 44.8 Å². The summed E-state index contributed by atoms with van der Waals surface area (Å²) in [5.74, 6) is 1.63. The van der Waals surface area contributed by atoms with E-state index in [1.807, 2.05) is 0 Å². The van der Waals surface area contributed by atoms with Gasteiger partial charge in [-0.1, -0.05) is 20.8 Å². The molecule has 0 amide bonds. The molecule has 0 aromatic rings. The zero-order valence-electron chi connectivity index (χ0n) is 13.4. The van der Waals surface area contributed by atoms with E-state index in [0.29, 0.717) is 24.2 Å². The molecule has 2 rings (SSSR count). The molecule has 1 aliphatic heterocycles. The van der Waals surface area contributed by atoms with Gasteiger partial charge in [0.25, 0.3) is 0 Å². The maximum atomic E-state index is 5.80. The SMILES string of the molecule is CCNC1CC(C)CC(C)C1N1CC(C)OCC1C. The quantitative estimate of drug-likeness (QED) is 0.851. The molecule has 1 saturated carbocycles. The van der Waals surface area contributed by atoms with E-state index in [-0.39, 0.29) is 0 Å². The second kappa shape index (κ2) is 6.55. The average Bonchev–Trinajstić information content (AvgIpc) is 2.33. The van der Waals surface area contributed by atoms with Crippen molar-refractivity contribution in [2.24, 2.45) is 11.8 Å². The largest absolute Gasteiger partial charge is 0.376 e. The van der Waals surface area contributed by atoms with Crippen LogP contribution in [0.25, 0.3) is 0 Å². The van der Waals surface area contributed by atoms with Gasteiger partial charge in [0.1, 0.15) is 0 Å². The van der Waals surface area contributed by atoms with Crippen molar-refractivity contribution in [3.63, 3.8) is 0 Å². The molecule has 1 aliphatic carbocycles. The zero-order valence-corrected chi connectivity index (χ0v) is 13.4. The van der Waals surface area contributed by atoms with E-state index in [9.17, 15) is 0 Å². The molecule has 1 saturated heterocycles. The van der Waals surface area contributed by atoms with Gasteiger partial charge >= 0.3 is 0 Å². The standard InChI is InChI=1S/C16H32N2O/c1-6-17-15-8-11(2)7-12(3)16(15)18-9-14(5)19-10-13(18)4/h11-17H,6-10H2,1-5H3. The van der Waals surface area contributed by atoms with Crippen molar-refractivity contribution < 1.29 is 4.74 Å². The summed E-state index contributed by atoms with van der Waals surface area (Å²) in [6.07, 6.45) is 3.07. The van der Waals surface area contributed by atoms with Crippen molar-refractivity contribution in [2.45, 2.75) is 71.7 Å². The third kappa shape index (κ3) is 3.50. The van der Waals surface area contributed by atoms with Gasteiger partial charge < -0.3 is 10.1 Å².